The van der Waals surface area contributed by atoms with Crippen LogP contribution in [0.25, 0.3) is 0 Å². The van der Waals surface area contributed by atoms with Crippen LogP contribution in [0.3, 0.4) is 0 Å². The molecule has 1 aliphatic heterocycles. The highest BCUT2D eigenvalue weighted by Gasteiger charge is 2.28. The van der Waals surface area contributed by atoms with E-state index in [1.807, 2.05) is 0 Å². The molecule has 1 aliphatic rings. The minimum absolute atomic E-state index is 0.0299. The number of carboxylic acid groups (broad SMARTS) is 3. The zero-order valence-electron chi connectivity index (χ0n) is 21.6. The lowest BCUT2D eigenvalue weighted by Gasteiger charge is -2.17. The maximum Gasteiger partial charge on any atom is 0.303 e. The lowest BCUT2D eigenvalue weighted by molar-refractivity contribution is -0.138. The number of hydrogen-bond donors (Lipinski definition) is 6. The lowest BCUT2D eigenvalue weighted by Crippen LogP contribution is -2.32. The van der Waals surface area contributed by atoms with E-state index in [2.05, 4.69) is 30.9 Å². The molecule has 3 amide bonds. The van der Waals surface area contributed by atoms with Crippen LogP contribution in [0.1, 0.15) is 103 Å². The summed E-state index contributed by atoms with van der Waals surface area (Å²) in [7, 11) is 0. The van der Waals surface area contributed by atoms with Crippen LogP contribution in [-0.2, 0) is 14.4 Å². The number of nitrogens with one attached hydrogen (secondary N) is 3. The van der Waals surface area contributed by atoms with E-state index in [1.165, 1.54) is 16.1 Å². The van der Waals surface area contributed by atoms with Crippen LogP contribution in [0, 0.1) is 0 Å². The van der Waals surface area contributed by atoms with Crippen molar-refractivity contribution in [1.29, 1.82) is 0 Å². The summed E-state index contributed by atoms with van der Waals surface area (Å²) >= 11 is 3.10. The van der Waals surface area contributed by atoms with Crippen molar-refractivity contribution in [3.05, 3.63) is 48.2 Å². The number of rotatable bonds is 9. The molecule has 0 spiro atoms. The molecule has 0 aromatic carbocycles. The molecule has 0 saturated carbocycles. The van der Waals surface area contributed by atoms with Crippen LogP contribution in [0.2, 0.25) is 0 Å². The minimum atomic E-state index is -1.10. The number of fused-ring (bicyclic) bond motifs is 6. The van der Waals surface area contributed by atoms with Crippen LogP contribution in [0.5, 0.6) is 0 Å². The number of thiazole rings is 3. The zero-order valence-corrected chi connectivity index (χ0v) is 24.0. The van der Waals surface area contributed by atoms with Gasteiger partial charge in [-0.3, -0.25) is 28.8 Å². The van der Waals surface area contributed by atoms with Gasteiger partial charge in [-0.1, -0.05) is 0 Å². The molecule has 3 aromatic heterocycles. The van der Waals surface area contributed by atoms with Gasteiger partial charge in [0.15, 0.2) is 0 Å². The van der Waals surface area contributed by atoms with Crippen molar-refractivity contribution in [2.75, 3.05) is 0 Å². The first kappa shape index (κ1) is 30.7. The molecule has 3 aromatic rings. The van der Waals surface area contributed by atoms with Crippen molar-refractivity contribution in [2.24, 2.45) is 0 Å². The van der Waals surface area contributed by atoms with Crippen molar-refractivity contribution in [2.45, 2.75) is 56.7 Å². The van der Waals surface area contributed by atoms with Crippen molar-refractivity contribution in [1.82, 2.24) is 30.9 Å². The van der Waals surface area contributed by atoms with E-state index >= 15 is 0 Å². The van der Waals surface area contributed by atoms with Gasteiger partial charge in [-0.25, -0.2) is 15.0 Å². The second-order valence-corrected chi connectivity index (χ2v) is 11.8. The lowest BCUT2D eigenvalue weighted by atomic mass is 10.1. The second kappa shape index (κ2) is 13.6. The fourth-order valence-electron chi connectivity index (χ4n) is 3.93. The maximum absolute atomic E-state index is 13.1. The summed E-state index contributed by atoms with van der Waals surface area (Å²) < 4.78 is 0. The Kier molecular flexibility index (Phi) is 9.92. The van der Waals surface area contributed by atoms with E-state index in [0.29, 0.717) is 0 Å². The summed E-state index contributed by atoms with van der Waals surface area (Å²) in [6, 6.07) is -2.64. The van der Waals surface area contributed by atoms with Crippen LogP contribution in [0.15, 0.2) is 16.1 Å². The molecule has 15 nitrogen and oxygen atoms in total. The van der Waals surface area contributed by atoms with Crippen LogP contribution in [-0.4, -0.2) is 65.9 Å². The highest BCUT2D eigenvalue weighted by molar-refractivity contribution is 7.10. The average molecular weight is 637 g/mol. The summed E-state index contributed by atoms with van der Waals surface area (Å²) in [5, 5.41) is 40.9. The predicted molar refractivity (Wildman–Crippen MR) is 148 cm³/mol. The van der Waals surface area contributed by atoms with E-state index in [-0.39, 0.29) is 70.6 Å². The first-order valence-corrected chi connectivity index (χ1v) is 15.1. The van der Waals surface area contributed by atoms with Crippen LogP contribution >= 0.6 is 34.0 Å². The quantitative estimate of drug-likeness (QED) is 0.198. The number of nitrogens with zero attached hydrogens (tertiary/aromatic N) is 3. The Morgan fingerprint density at radius 1 is 0.571 bits per heavy atom. The number of carbonyl (C=O) groups excluding carboxylic acids is 3. The van der Waals surface area contributed by atoms with Crippen molar-refractivity contribution in [3.63, 3.8) is 0 Å². The molecule has 0 radical (unpaired) electrons. The third kappa shape index (κ3) is 7.92. The van der Waals surface area contributed by atoms with Gasteiger partial charge in [0, 0.05) is 35.4 Å². The fraction of sp³-hybridized carbons (Fsp3) is 0.375. The first-order chi connectivity index (χ1) is 20.0. The number of carbonyl (C=O) groups is 6. The van der Waals surface area contributed by atoms with Crippen molar-refractivity contribution < 1.29 is 44.1 Å². The molecule has 6 N–H and O–H groups in total. The molecule has 0 fully saturated rings. The Labute approximate surface area is 249 Å². The molecule has 0 aliphatic carbocycles. The Bertz CT molecular complexity index is 1340. The number of hydrogen-bond acceptors (Lipinski definition) is 12. The Morgan fingerprint density at radius 2 is 0.833 bits per heavy atom. The molecule has 3 atom stereocenters. The summed E-state index contributed by atoms with van der Waals surface area (Å²) in [5.74, 6) is -5.27. The smallest absolute Gasteiger partial charge is 0.303 e. The normalized spacial score (nSPS) is 19.1. The van der Waals surface area contributed by atoms with E-state index in [4.69, 9.17) is 0 Å². The van der Waals surface area contributed by atoms with Crippen molar-refractivity contribution >= 4 is 69.6 Å². The highest BCUT2D eigenvalue weighted by atomic mass is 32.1. The molecule has 4 rings (SSSR count). The fourth-order valence-corrected chi connectivity index (χ4v) is 6.58. The predicted octanol–water partition coefficient (Wildman–Crippen LogP) is 2.38. The van der Waals surface area contributed by atoms with Crippen LogP contribution in [0.4, 0.5) is 0 Å². The van der Waals surface area contributed by atoms with E-state index in [0.717, 1.165) is 34.0 Å². The topological polar surface area (TPSA) is 238 Å². The van der Waals surface area contributed by atoms with Gasteiger partial charge in [0.2, 0.25) is 0 Å². The summed E-state index contributed by atoms with van der Waals surface area (Å²) in [5.41, 5.74) is -0.0896. The van der Waals surface area contributed by atoms with E-state index in [1.54, 1.807) is 0 Å². The van der Waals surface area contributed by atoms with E-state index in [9.17, 15) is 44.1 Å². The Balaban J connectivity index is 1.74. The highest BCUT2D eigenvalue weighted by Crippen LogP contribution is 2.28. The SMILES string of the molecule is O=C(O)CC[C@@H]1NC(=O)c2csc(n2)[C@H](CCC(=O)O)NC(=O)c2csc(n2)[C@H](CCC(=O)O)NC(=O)c2csc1n2. The number of amides is 3. The van der Waals surface area contributed by atoms with Gasteiger partial charge >= 0.3 is 17.9 Å². The molecular formula is C24H24N6O9S3. The van der Waals surface area contributed by atoms with Gasteiger partial charge in [0.05, 0.1) is 18.1 Å². The number of aromatic nitrogens is 3. The Hall–Kier alpha value is -4.29. The third-order valence-electron chi connectivity index (χ3n) is 6.01. The third-order valence-corrected chi connectivity index (χ3v) is 8.89. The number of carboxylic acids is 3. The van der Waals surface area contributed by atoms with Gasteiger partial charge in [0.1, 0.15) is 32.1 Å². The largest absolute Gasteiger partial charge is 0.481 e. The summed E-state index contributed by atoms with van der Waals surface area (Å²) in [6.07, 6.45) is -1.02. The van der Waals surface area contributed by atoms with Gasteiger partial charge in [-0.05, 0) is 19.3 Å². The van der Waals surface area contributed by atoms with E-state index < -0.39 is 53.8 Å². The maximum atomic E-state index is 13.1. The zero-order chi connectivity index (χ0) is 30.4. The molecule has 0 saturated heterocycles. The minimum Gasteiger partial charge on any atom is -0.481 e. The second-order valence-electron chi connectivity index (χ2n) is 9.09. The monoisotopic (exact) mass is 636 g/mol. The molecular weight excluding hydrogens is 612 g/mol. The van der Waals surface area contributed by atoms with Crippen molar-refractivity contribution in [3.8, 4) is 0 Å². The van der Waals surface area contributed by atoms with Gasteiger partial charge in [-0.15, -0.1) is 34.0 Å². The van der Waals surface area contributed by atoms with Gasteiger partial charge in [-0.2, -0.15) is 0 Å². The summed E-state index contributed by atoms with van der Waals surface area (Å²) in [4.78, 5) is 86.1. The summed E-state index contributed by atoms with van der Waals surface area (Å²) in [6.45, 7) is 0. The molecule has 18 heteroatoms. The molecule has 222 valence electrons. The van der Waals surface area contributed by atoms with Crippen LogP contribution < -0.4 is 16.0 Å². The molecule has 0 unspecified atom stereocenters. The average Bonchev–Trinajstić information content (AvgIpc) is 3.71. The molecule has 6 bridgehead atoms. The Morgan fingerprint density at radius 3 is 1.07 bits per heavy atom. The first-order valence-electron chi connectivity index (χ1n) is 12.4. The molecule has 4 heterocycles. The standard InChI is InChI=1S/C24H24N6O9S3/c31-16(32)4-1-10-22-28-14(7-40-22)20(38)26-12(3-6-18(35)36)24-30-15(9-42-24)21(39)27-11(2-5-17(33)34)23-29-13(8-41-23)19(37)25-10/h7-12H,1-6H2,(H,25,37)(H,26,38)(H,27,39)(H,31,32)(H,33,34)(H,35,36)/t10-,11-,12-/m0/s1. The van der Waals surface area contributed by atoms with Gasteiger partial charge < -0.3 is 31.3 Å². The van der Waals surface area contributed by atoms with Gasteiger partial charge in [0.25, 0.3) is 17.7 Å². The molecule has 42 heavy (non-hydrogen) atoms. The number of aliphatic carboxylic acids is 3.